The fourth-order valence-electron chi connectivity index (χ4n) is 1.48. The van der Waals surface area contributed by atoms with Crippen LogP contribution in [0.4, 0.5) is 13.2 Å². The maximum atomic E-state index is 12.8. The molecule has 0 aliphatic rings. The van der Waals surface area contributed by atoms with E-state index in [-0.39, 0.29) is 5.56 Å². The SMILES string of the molecule is N#Cc1ccc(Sc2ncccc2Br)cc1C(F)(F)F. The lowest BCUT2D eigenvalue weighted by molar-refractivity contribution is -0.137. The van der Waals surface area contributed by atoms with E-state index >= 15 is 0 Å². The Labute approximate surface area is 125 Å². The van der Waals surface area contributed by atoms with E-state index in [0.717, 1.165) is 17.8 Å². The molecule has 0 bridgehead atoms. The average molecular weight is 359 g/mol. The van der Waals surface area contributed by atoms with E-state index in [1.165, 1.54) is 12.1 Å². The number of alkyl halides is 3. The number of hydrogen-bond acceptors (Lipinski definition) is 3. The molecule has 1 heterocycles. The van der Waals surface area contributed by atoms with Crippen LogP contribution in [0.2, 0.25) is 0 Å². The molecule has 0 aliphatic heterocycles. The Hall–Kier alpha value is -1.52. The summed E-state index contributed by atoms with van der Waals surface area (Å²) in [5.74, 6) is 0. The van der Waals surface area contributed by atoms with Gasteiger partial charge in [-0.2, -0.15) is 18.4 Å². The van der Waals surface area contributed by atoms with Crippen molar-refractivity contribution in [1.82, 2.24) is 4.98 Å². The average Bonchev–Trinajstić information content (AvgIpc) is 2.40. The molecule has 0 saturated heterocycles. The number of pyridine rings is 1. The maximum absolute atomic E-state index is 12.8. The molecule has 102 valence electrons. The summed E-state index contributed by atoms with van der Waals surface area (Å²) in [4.78, 5) is 4.45. The number of rotatable bonds is 2. The normalized spacial score (nSPS) is 11.2. The summed E-state index contributed by atoms with van der Waals surface area (Å²) in [5, 5.41) is 9.29. The second kappa shape index (κ2) is 5.85. The van der Waals surface area contributed by atoms with E-state index in [4.69, 9.17) is 5.26 Å². The van der Waals surface area contributed by atoms with Crippen LogP contribution < -0.4 is 0 Å². The van der Waals surface area contributed by atoms with Gasteiger partial charge < -0.3 is 0 Å². The highest BCUT2D eigenvalue weighted by atomic mass is 79.9. The Balaban J connectivity index is 2.40. The predicted octanol–water partition coefficient (Wildman–Crippen LogP) is 4.89. The summed E-state index contributed by atoms with van der Waals surface area (Å²) in [7, 11) is 0. The number of nitrogens with zero attached hydrogens (tertiary/aromatic N) is 2. The number of hydrogen-bond donors (Lipinski definition) is 0. The minimum absolute atomic E-state index is 0.371. The topological polar surface area (TPSA) is 36.7 Å². The Morgan fingerprint density at radius 1 is 1.25 bits per heavy atom. The van der Waals surface area contributed by atoms with Gasteiger partial charge in [-0.15, -0.1) is 0 Å². The van der Waals surface area contributed by atoms with Crippen molar-refractivity contribution in [3.63, 3.8) is 0 Å². The molecule has 0 fully saturated rings. The van der Waals surface area contributed by atoms with Crippen molar-refractivity contribution in [2.24, 2.45) is 0 Å². The van der Waals surface area contributed by atoms with Gasteiger partial charge in [-0.05, 0) is 46.3 Å². The first-order valence-electron chi connectivity index (χ1n) is 5.31. The lowest BCUT2D eigenvalue weighted by Crippen LogP contribution is -2.07. The van der Waals surface area contributed by atoms with Crippen molar-refractivity contribution in [1.29, 1.82) is 5.26 Å². The summed E-state index contributed by atoms with van der Waals surface area (Å²) in [6.07, 6.45) is -3.00. The minimum atomic E-state index is -4.55. The highest BCUT2D eigenvalue weighted by Gasteiger charge is 2.33. The van der Waals surface area contributed by atoms with Gasteiger partial charge in [0, 0.05) is 11.1 Å². The molecule has 0 spiro atoms. The van der Waals surface area contributed by atoms with E-state index in [9.17, 15) is 13.2 Å². The van der Waals surface area contributed by atoms with Gasteiger partial charge in [0.15, 0.2) is 0 Å². The van der Waals surface area contributed by atoms with E-state index in [2.05, 4.69) is 20.9 Å². The van der Waals surface area contributed by atoms with Crippen LogP contribution in [0.1, 0.15) is 11.1 Å². The largest absolute Gasteiger partial charge is 0.417 e. The van der Waals surface area contributed by atoms with Crippen molar-refractivity contribution in [3.8, 4) is 6.07 Å². The first-order chi connectivity index (χ1) is 9.41. The molecule has 0 unspecified atom stereocenters. The molecule has 0 saturated carbocycles. The van der Waals surface area contributed by atoms with Crippen molar-refractivity contribution < 1.29 is 13.2 Å². The smallest absolute Gasteiger partial charge is 0.248 e. The monoisotopic (exact) mass is 358 g/mol. The van der Waals surface area contributed by atoms with Crippen LogP contribution in [0.25, 0.3) is 0 Å². The van der Waals surface area contributed by atoms with Crippen LogP contribution in [0.15, 0.2) is 50.9 Å². The Bertz CT molecular complexity index is 680. The molecule has 1 aromatic heterocycles. The molecule has 0 N–H and O–H groups in total. The molecule has 0 atom stereocenters. The van der Waals surface area contributed by atoms with Gasteiger partial charge in [0.1, 0.15) is 5.03 Å². The zero-order valence-corrected chi connectivity index (χ0v) is 12.2. The summed E-state index contributed by atoms with van der Waals surface area (Å²) in [5.41, 5.74) is -1.32. The molecule has 0 radical (unpaired) electrons. The third kappa shape index (κ3) is 3.32. The lowest BCUT2D eigenvalue weighted by atomic mass is 10.1. The first kappa shape index (κ1) is 14.9. The molecule has 2 rings (SSSR count). The van der Waals surface area contributed by atoms with Crippen LogP contribution in [0.5, 0.6) is 0 Å². The van der Waals surface area contributed by atoms with Gasteiger partial charge in [0.2, 0.25) is 0 Å². The molecule has 2 aromatic rings. The van der Waals surface area contributed by atoms with Gasteiger partial charge in [-0.25, -0.2) is 4.98 Å². The van der Waals surface area contributed by atoms with Crippen LogP contribution in [0, 0.1) is 11.3 Å². The number of nitriles is 1. The standard InChI is InChI=1S/C13H6BrF3N2S/c14-11-2-1-5-19-12(11)20-9-4-3-8(7-18)10(6-9)13(15,16)17/h1-6H. The van der Waals surface area contributed by atoms with E-state index in [1.54, 1.807) is 24.4 Å². The molecule has 1 aromatic carbocycles. The molecule has 0 aliphatic carbocycles. The van der Waals surface area contributed by atoms with Gasteiger partial charge in [-0.1, -0.05) is 11.8 Å². The summed E-state index contributed by atoms with van der Waals surface area (Å²) < 4.78 is 39.2. The summed E-state index contributed by atoms with van der Waals surface area (Å²) in [6, 6.07) is 8.62. The second-order valence-electron chi connectivity index (χ2n) is 3.71. The lowest BCUT2D eigenvalue weighted by Gasteiger charge is -2.10. The van der Waals surface area contributed by atoms with Gasteiger partial charge in [-0.3, -0.25) is 0 Å². The van der Waals surface area contributed by atoms with Crippen LogP contribution in [0.3, 0.4) is 0 Å². The molecule has 7 heteroatoms. The zero-order valence-electron chi connectivity index (χ0n) is 9.78. The Kier molecular flexibility index (Phi) is 4.35. The van der Waals surface area contributed by atoms with E-state index < -0.39 is 11.7 Å². The van der Waals surface area contributed by atoms with Crippen molar-refractivity contribution in [3.05, 3.63) is 52.1 Å². The highest BCUT2D eigenvalue weighted by Crippen LogP contribution is 2.37. The van der Waals surface area contributed by atoms with Crippen LogP contribution in [-0.2, 0) is 6.18 Å². The third-order valence-electron chi connectivity index (χ3n) is 2.36. The Morgan fingerprint density at radius 2 is 2.00 bits per heavy atom. The van der Waals surface area contributed by atoms with Crippen LogP contribution in [-0.4, -0.2) is 4.98 Å². The summed E-state index contributed by atoms with van der Waals surface area (Å²) >= 11 is 4.38. The van der Waals surface area contributed by atoms with Gasteiger partial charge in [0.25, 0.3) is 0 Å². The first-order valence-corrected chi connectivity index (χ1v) is 6.92. The number of benzene rings is 1. The molecule has 2 nitrogen and oxygen atoms in total. The summed E-state index contributed by atoms with van der Waals surface area (Å²) in [6.45, 7) is 0. The quantitative estimate of drug-likeness (QED) is 0.767. The van der Waals surface area contributed by atoms with Crippen molar-refractivity contribution >= 4 is 27.7 Å². The molecule has 20 heavy (non-hydrogen) atoms. The highest BCUT2D eigenvalue weighted by molar-refractivity contribution is 9.10. The predicted molar refractivity (Wildman–Crippen MR) is 72.2 cm³/mol. The van der Waals surface area contributed by atoms with Gasteiger partial charge in [0.05, 0.1) is 21.7 Å². The minimum Gasteiger partial charge on any atom is -0.248 e. The van der Waals surface area contributed by atoms with Crippen molar-refractivity contribution in [2.45, 2.75) is 16.1 Å². The van der Waals surface area contributed by atoms with E-state index in [0.29, 0.717) is 14.4 Å². The van der Waals surface area contributed by atoms with E-state index in [1.807, 2.05) is 0 Å². The fourth-order valence-corrected chi connectivity index (χ4v) is 2.79. The Morgan fingerprint density at radius 3 is 2.60 bits per heavy atom. The second-order valence-corrected chi connectivity index (χ2v) is 5.63. The zero-order chi connectivity index (χ0) is 14.8. The fraction of sp³-hybridized carbons (Fsp3) is 0.0769. The molecular formula is C13H6BrF3N2S. The molecule has 0 amide bonds. The van der Waals surface area contributed by atoms with Crippen molar-refractivity contribution in [2.75, 3.05) is 0 Å². The maximum Gasteiger partial charge on any atom is 0.417 e. The molecular weight excluding hydrogens is 353 g/mol. The number of aromatic nitrogens is 1. The third-order valence-corrected chi connectivity index (χ3v) is 4.27. The number of halogens is 4. The van der Waals surface area contributed by atoms with Crippen LogP contribution >= 0.6 is 27.7 Å². The van der Waals surface area contributed by atoms with Gasteiger partial charge >= 0.3 is 6.18 Å².